The number of rotatable bonds is 5. The highest BCUT2D eigenvalue weighted by Gasteiger charge is 2.12. The monoisotopic (exact) mass is 449 g/mol. The van der Waals surface area contributed by atoms with E-state index in [1.807, 2.05) is 19.1 Å². The highest BCUT2D eigenvalue weighted by Crippen LogP contribution is 2.12. The number of carbonyl (C=O) groups excluding carboxylic acids is 1. The fourth-order valence-corrected chi connectivity index (χ4v) is 2.85. The fraction of sp³-hybridized carbons (Fsp3) is 0.167. The van der Waals surface area contributed by atoms with Gasteiger partial charge in [0.15, 0.2) is 3.77 Å². The molecule has 0 unspecified atom stereocenters. The second kappa shape index (κ2) is 7.64. The van der Waals surface area contributed by atoms with E-state index in [-0.39, 0.29) is 18.0 Å². The van der Waals surface area contributed by atoms with Crippen LogP contribution in [0.25, 0.3) is 17.0 Å². The average Bonchev–Trinajstić information content (AvgIpc) is 3.03. The van der Waals surface area contributed by atoms with Gasteiger partial charge in [0.25, 0.3) is 5.56 Å². The molecule has 0 spiro atoms. The van der Waals surface area contributed by atoms with Crippen LogP contribution in [0.2, 0.25) is 0 Å². The van der Waals surface area contributed by atoms with Crippen molar-refractivity contribution in [2.45, 2.75) is 13.5 Å². The largest absolute Gasteiger partial charge is 0.451 e. The minimum absolute atomic E-state index is 0.176. The van der Waals surface area contributed by atoms with E-state index in [4.69, 9.17) is 4.42 Å². The van der Waals surface area contributed by atoms with Gasteiger partial charge in [0.1, 0.15) is 11.6 Å². The number of nitrogens with one attached hydrogen (secondary N) is 1. The standard InChI is InChI=1S/C18H16IN3O3/c1-2-22(17(23)10-8-12-7-9-15(19)25-12)11-16-20-14-6-4-3-5-13(14)18(24)21-16/h3-10H,2,11H2,1H3,(H,20,21,24)/b10-8+. The van der Waals surface area contributed by atoms with E-state index in [1.165, 1.54) is 6.08 Å². The smallest absolute Gasteiger partial charge is 0.258 e. The van der Waals surface area contributed by atoms with Crippen LogP contribution in [-0.2, 0) is 11.3 Å². The summed E-state index contributed by atoms with van der Waals surface area (Å²) >= 11 is 2.07. The van der Waals surface area contributed by atoms with Crippen molar-refractivity contribution in [2.75, 3.05) is 6.54 Å². The summed E-state index contributed by atoms with van der Waals surface area (Å²) in [5, 5.41) is 0.535. The van der Waals surface area contributed by atoms with Gasteiger partial charge in [0.05, 0.1) is 17.4 Å². The number of H-pyrrole nitrogens is 1. The molecule has 7 heteroatoms. The Labute approximate surface area is 157 Å². The molecule has 1 N–H and O–H groups in total. The van der Waals surface area contributed by atoms with Gasteiger partial charge in [-0.25, -0.2) is 4.98 Å². The summed E-state index contributed by atoms with van der Waals surface area (Å²) in [5.41, 5.74) is 0.412. The second-order valence-corrected chi connectivity index (χ2v) is 6.42. The van der Waals surface area contributed by atoms with Crippen molar-refractivity contribution in [1.29, 1.82) is 0 Å². The van der Waals surface area contributed by atoms with Crippen LogP contribution in [-0.4, -0.2) is 27.3 Å². The van der Waals surface area contributed by atoms with Gasteiger partial charge >= 0.3 is 0 Å². The lowest BCUT2D eigenvalue weighted by Gasteiger charge is -2.18. The van der Waals surface area contributed by atoms with Gasteiger partial charge in [-0.2, -0.15) is 0 Å². The molecule has 3 aromatic rings. The number of aromatic nitrogens is 2. The van der Waals surface area contributed by atoms with Gasteiger partial charge in [-0.3, -0.25) is 9.59 Å². The first-order valence-corrected chi connectivity index (χ1v) is 8.85. The number of fused-ring (bicyclic) bond motifs is 1. The summed E-state index contributed by atoms with van der Waals surface area (Å²) in [6.45, 7) is 2.60. The molecule has 0 aliphatic rings. The van der Waals surface area contributed by atoms with Crippen molar-refractivity contribution in [2.24, 2.45) is 0 Å². The first kappa shape index (κ1) is 17.4. The van der Waals surface area contributed by atoms with E-state index in [0.717, 1.165) is 3.77 Å². The molecule has 0 radical (unpaired) electrons. The maximum Gasteiger partial charge on any atom is 0.258 e. The van der Waals surface area contributed by atoms with Crippen LogP contribution < -0.4 is 5.56 Å². The van der Waals surface area contributed by atoms with E-state index in [1.54, 1.807) is 35.2 Å². The summed E-state index contributed by atoms with van der Waals surface area (Å²) in [4.78, 5) is 33.3. The van der Waals surface area contributed by atoms with Crippen LogP contribution in [0.3, 0.4) is 0 Å². The van der Waals surface area contributed by atoms with Gasteiger partial charge in [-0.15, -0.1) is 0 Å². The number of furan rings is 1. The predicted octanol–water partition coefficient (Wildman–Crippen LogP) is 3.18. The second-order valence-electron chi connectivity index (χ2n) is 5.36. The Morgan fingerprint density at radius 2 is 2.12 bits per heavy atom. The van der Waals surface area contributed by atoms with E-state index in [0.29, 0.717) is 29.0 Å². The zero-order chi connectivity index (χ0) is 17.8. The van der Waals surface area contributed by atoms with Crippen LogP contribution in [0.15, 0.2) is 51.7 Å². The molecule has 0 saturated carbocycles. The van der Waals surface area contributed by atoms with Gasteiger partial charge < -0.3 is 14.3 Å². The van der Waals surface area contributed by atoms with Crippen molar-refractivity contribution in [1.82, 2.24) is 14.9 Å². The minimum atomic E-state index is -0.204. The summed E-state index contributed by atoms with van der Waals surface area (Å²) in [6, 6.07) is 10.7. The third-order valence-electron chi connectivity index (χ3n) is 3.68. The van der Waals surface area contributed by atoms with E-state index in [9.17, 15) is 9.59 Å². The zero-order valence-electron chi connectivity index (χ0n) is 13.5. The number of para-hydroxylation sites is 1. The Kier molecular flexibility index (Phi) is 5.32. The summed E-state index contributed by atoms with van der Waals surface area (Å²) in [5.74, 6) is 0.899. The lowest BCUT2D eigenvalue weighted by Crippen LogP contribution is -2.30. The van der Waals surface area contributed by atoms with Crippen molar-refractivity contribution >= 4 is 45.5 Å². The topological polar surface area (TPSA) is 79.2 Å². The maximum absolute atomic E-state index is 12.4. The fourth-order valence-electron chi connectivity index (χ4n) is 2.41. The van der Waals surface area contributed by atoms with Gasteiger partial charge in [0, 0.05) is 12.6 Å². The third kappa shape index (κ3) is 4.16. The third-order valence-corrected chi connectivity index (χ3v) is 4.26. The highest BCUT2D eigenvalue weighted by molar-refractivity contribution is 14.1. The molecule has 0 fully saturated rings. The summed E-state index contributed by atoms with van der Waals surface area (Å²) < 4.78 is 6.16. The molecule has 6 nitrogen and oxygen atoms in total. The highest BCUT2D eigenvalue weighted by atomic mass is 127. The first-order chi connectivity index (χ1) is 12.1. The molecule has 0 bridgehead atoms. The number of hydrogen-bond acceptors (Lipinski definition) is 4. The number of amides is 1. The molecule has 128 valence electrons. The molecule has 2 heterocycles. The number of halogens is 1. The molecular weight excluding hydrogens is 433 g/mol. The van der Waals surface area contributed by atoms with E-state index >= 15 is 0 Å². The van der Waals surface area contributed by atoms with Crippen LogP contribution in [0, 0.1) is 3.77 Å². The molecular formula is C18H16IN3O3. The number of benzene rings is 1. The molecule has 0 saturated heterocycles. The minimum Gasteiger partial charge on any atom is -0.451 e. The summed E-state index contributed by atoms with van der Waals surface area (Å²) in [6.07, 6.45) is 3.08. The number of aromatic amines is 1. The van der Waals surface area contributed by atoms with E-state index in [2.05, 4.69) is 32.6 Å². The molecule has 0 atom stereocenters. The average molecular weight is 449 g/mol. The molecule has 1 aromatic carbocycles. The zero-order valence-corrected chi connectivity index (χ0v) is 15.7. The van der Waals surface area contributed by atoms with Crippen molar-refractivity contribution in [3.05, 3.63) is 68.2 Å². The van der Waals surface area contributed by atoms with Crippen molar-refractivity contribution < 1.29 is 9.21 Å². The number of likely N-dealkylation sites (N-methyl/N-ethyl adjacent to an activating group) is 1. The van der Waals surface area contributed by atoms with Crippen molar-refractivity contribution in [3.8, 4) is 0 Å². The first-order valence-electron chi connectivity index (χ1n) is 7.77. The molecule has 25 heavy (non-hydrogen) atoms. The molecule has 2 aromatic heterocycles. The lowest BCUT2D eigenvalue weighted by atomic mass is 10.2. The van der Waals surface area contributed by atoms with Gasteiger partial charge in [-0.1, -0.05) is 12.1 Å². The molecule has 3 rings (SSSR count). The molecule has 0 aliphatic heterocycles. The van der Waals surface area contributed by atoms with Crippen LogP contribution in [0.5, 0.6) is 0 Å². The van der Waals surface area contributed by atoms with E-state index < -0.39 is 0 Å². The number of carbonyl (C=O) groups is 1. The SMILES string of the molecule is CCN(Cc1nc2ccccc2c(=O)[nH]1)C(=O)/C=C/c1ccc(I)o1. The number of nitrogens with zero attached hydrogens (tertiary/aromatic N) is 2. The Hall–Kier alpha value is -2.42. The van der Waals surface area contributed by atoms with Crippen LogP contribution in [0.1, 0.15) is 18.5 Å². The summed E-state index contributed by atoms with van der Waals surface area (Å²) in [7, 11) is 0. The number of hydrogen-bond donors (Lipinski definition) is 1. The normalized spacial score (nSPS) is 11.3. The Bertz CT molecular complexity index is 990. The lowest BCUT2D eigenvalue weighted by molar-refractivity contribution is -0.126. The Morgan fingerprint density at radius 3 is 2.84 bits per heavy atom. The van der Waals surface area contributed by atoms with Crippen LogP contribution >= 0.6 is 22.6 Å². The van der Waals surface area contributed by atoms with Gasteiger partial charge in [-0.05, 0) is 59.9 Å². The Balaban J connectivity index is 1.78. The van der Waals surface area contributed by atoms with Crippen molar-refractivity contribution in [3.63, 3.8) is 0 Å². The van der Waals surface area contributed by atoms with Crippen LogP contribution in [0.4, 0.5) is 0 Å². The maximum atomic E-state index is 12.4. The predicted molar refractivity (Wildman–Crippen MR) is 104 cm³/mol. The molecule has 1 amide bonds. The molecule has 0 aliphatic carbocycles. The Morgan fingerprint density at radius 1 is 1.32 bits per heavy atom. The van der Waals surface area contributed by atoms with Gasteiger partial charge in [0.2, 0.25) is 5.91 Å². The quantitative estimate of drug-likeness (QED) is 0.480.